The molecule has 1 aliphatic heterocycles. The van der Waals surface area contributed by atoms with Crippen LogP contribution in [0.4, 0.5) is 4.39 Å². The highest BCUT2D eigenvalue weighted by Crippen LogP contribution is 2.47. The van der Waals surface area contributed by atoms with E-state index in [0.29, 0.717) is 11.1 Å². The zero-order chi connectivity index (χ0) is 39.1. The average molecular weight is 809 g/mol. The van der Waals surface area contributed by atoms with Crippen molar-refractivity contribution < 1.29 is 41.4 Å². The molecule has 290 valence electrons. The van der Waals surface area contributed by atoms with Crippen LogP contribution in [-0.2, 0) is 43.5 Å². The van der Waals surface area contributed by atoms with Gasteiger partial charge in [-0.2, -0.15) is 0 Å². The molecule has 2 heterocycles. The molecule has 1 aromatic heterocycles. The molecule has 0 aliphatic carbocycles. The van der Waals surface area contributed by atoms with E-state index < -0.39 is 69.3 Å². The minimum absolute atomic E-state index is 0.235. The molecule has 0 saturated carbocycles. The molecule has 0 radical (unpaired) electrons. The van der Waals surface area contributed by atoms with E-state index in [9.17, 15) is 9.50 Å². The van der Waals surface area contributed by atoms with Crippen molar-refractivity contribution in [2.45, 2.75) is 121 Å². The van der Waals surface area contributed by atoms with Crippen LogP contribution in [0.3, 0.4) is 0 Å². The Bertz CT molecular complexity index is 1640. The van der Waals surface area contributed by atoms with Crippen LogP contribution in [-0.4, -0.2) is 83.6 Å². The van der Waals surface area contributed by atoms with Crippen LogP contribution in [0, 0.1) is 12.7 Å². The Morgan fingerprint density at radius 2 is 1.31 bits per heavy atom. The van der Waals surface area contributed by atoms with E-state index in [-0.39, 0.29) is 12.4 Å². The van der Waals surface area contributed by atoms with Gasteiger partial charge in [0.2, 0.25) is 11.6 Å². The van der Waals surface area contributed by atoms with Crippen molar-refractivity contribution in [1.82, 2.24) is 0 Å². The van der Waals surface area contributed by atoms with E-state index in [1.165, 1.54) is 23.5 Å². The van der Waals surface area contributed by atoms with Crippen molar-refractivity contribution in [3.8, 4) is 10.4 Å². The molecule has 0 unspecified atom stereocenters. The van der Waals surface area contributed by atoms with Crippen LogP contribution in [0.2, 0.25) is 78.6 Å². The lowest BCUT2D eigenvalue weighted by Gasteiger charge is -2.54. The van der Waals surface area contributed by atoms with Gasteiger partial charge in [-0.3, -0.25) is 0 Å². The number of thiophene rings is 1. The second kappa shape index (κ2) is 16.0. The molecule has 0 spiro atoms. The predicted octanol–water partition coefficient (Wildman–Crippen LogP) is 9.41. The van der Waals surface area contributed by atoms with E-state index in [0.717, 1.165) is 20.9 Å². The second-order valence-corrected chi connectivity index (χ2v) is 36.5. The first-order chi connectivity index (χ1) is 23.8. The lowest BCUT2D eigenvalue weighted by molar-refractivity contribution is -0.348. The third kappa shape index (κ3) is 10.5. The third-order valence-electron chi connectivity index (χ3n) is 8.49. The van der Waals surface area contributed by atoms with Crippen LogP contribution in [0.15, 0.2) is 54.6 Å². The first kappa shape index (κ1) is 43.3. The van der Waals surface area contributed by atoms with Crippen molar-refractivity contribution in [3.05, 3.63) is 82.0 Å². The summed E-state index contributed by atoms with van der Waals surface area (Å²) >= 11 is 1.50. The summed E-state index contributed by atoms with van der Waals surface area (Å²) in [4.78, 5) is 1.72. The number of hydrogen-bond acceptors (Lipinski definition) is 9. The number of benzene rings is 2. The van der Waals surface area contributed by atoms with E-state index in [1.807, 2.05) is 37.3 Å². The fraction of sp³-hybridized carbons (Fsp3) is 0.579. The standard InChI is InChI=1S/C38H61FO8SSi4/c1-26-16-19-28(24-30(26)38(41-2,42-3)33-23-22-32(48-33)27-17-20-29(39)21-18-27)37(40)36(47-52(13,14)15)35(46-51(10,11)12)34(45-50(7,8)9)31(44-37)25-43-49(4,5)6/h16-24,31,34-36,40H,25H2,1-15H3/t31-,34-,35+,36-,37-/m0/s1. The molecule has 0 bridgehead atoms. The molecule has 5 atom stereocenters. The Balaban J connectivity index is 1.94. The quantitative estimate of drug-likeness (QED) is 0.120. The van der Waals surface area contributed by atoms with Gasteiger partial charge in [-0.05, 0) is 127 Å². The summed E-state index contributed by atoms with van der Waals surface area (Å²) in [6.45, 7) is 27.8. The largest absolute Gasteiger partial charge is 0.415 e. The van der Waals surface area contributed by atoms with Crippen molar-refractivity contribution >= 4 is 44.6 Å². The van der Waals surface area contributed by atoms with Crippen molar-refractivity contribution in [3.63, 3.8) is 0 Å². The van der Waals surface area contributed by atoms with Gasteiger partial charge in [-0.1, -0.05) is 24.3 Å². The SMILES string of the molecule is COC(OC)(c1ccc(-c2ccc(F)cc2)s1)c1cc([C@]2(O)O[C@@H](CO[Si](C)(C)C)[C@H](O[Si](C)(C)C)[C@@H](O[Si](C)(C)C)[C@@H]2O[Si](C)(C)C)ccc1C. The zero-order valence-corrected chi connectivity index (χ0v) is 38.6. The normalized spacial score (nSPS) is 23.6. The molecule has 1 aliphatic rings. The maximum absolute atomic E-state index is 13.7. The zero-order valence-electron chi connectivity index (χ0n) is 33.8. The van der Waals surface area contributed by atoms with Crippen molar-refractivity contribution in [2.75, 3.05) is 20.8 Å². The Morgan fingerprint density at radius 3 is 1.83 bits per heavy atom. The van der Waals surface area contributed by atoms with Crippen LogP contribution in [0.25, 0.3) is 10.4 Å². The number of aliphatic hydroxyl groups is 1. The first-order valence-corrected chi connectivity index (χ1v) is 32.4. The molecule has 14 heteroatoms. The van der Waals surface area contributed by atoms with Gasteiger partial charge in [0.1, 0.15) is 30.2 Å². The van der Waals surface area contributed by atoms with Gasteiger partial charge in [-0.15, -0.1) is 11.3 Å². The van der Waals surface area contributed by atoms with Gasteiger partial charge in [0.05, 0.1) is 11.5 Å². The molecule has 4 rings (SSSR count). The molecule has 1 saturated heterocycles. The lowest BCUT2D eigenvalue weighted by atomic mass is 9.85. The number of rotatable bonds is 15. The summed E-state index contributed by atoms with van der Waals surface area (Å²) in [6, 6.07) is 16.1. The van der Waals surface area contributed by atoms with Gasteiger partial charge in [0.25, 0.3) is 0 Å². The molecule has 8 nitrogen and oxygen atoms in total. The van der Waals surface area contributed by atoms with E-state index in [4.69, 9.17) is 31.9 Å². The minimum atomic E-state index is -2.35. The third-order valence-corrected chi connectivity index (χ3v) is 13.7. The highest BCUT2D eigenvalue weighted by molar-refractivity contribution is 7.15. The molecule has 3 aromatic rings. The van der Waals surface area contributed by atoms with Crippen molar-refractivity contribution in [2.24, 2.45) is 0 Å². The topological polar surface area (TPSA) is 84.8 Å². The molecule has 1 fully saturated rings. The lowest BCUT2D eigenvalue weighted by Crippen LogP contribution is -2.69. The van der Waals surface area contributed by atoms with Crippen LogP contribution in [0.5, 0.6) is 0 Å². The van der Waals surface area contributed by atoms with Crippen molar-refractivity contribution in [1.29, 1.82) is 0 Å². The van der Waals surface area contributed by atoms with Gasteiger partial charge >= 0.3 is 0 Å². The molecule has 1 N–H and O–H groups in total. The number of aryl methyl sites for hydroxylation is 1. The summed E-state index contributed by atoms with van der Waals surface area (Å²) in [7, 11) is -5.56. The predicted molar refractivity (Wildman–Crippen MR) is 218 cm³/mol. The van der Waals surface area contributed by atoms with Gasteiger partial charge in [0, 0.05) is 30.2 Å². The van der Waals surface area contributed by atoms with E-state index in [1.54, 1.807) is 26.4 Å². The summed E-state index contributed by atoms with van der Waals surface area (Å²) in [5, 5.41) is 13.2. The minimum Gasteiger partial charge on any atom is -0.415 e. The average Bonchev–Trinajstić information content (AvgIpc) is 3.50. The fourth-order valence-corrected chi connectivity index (χ4v) is 11.5. The first-order valence-electron chi connectivity index (χ1n) is 18.0. The number of hydrogen-bond donors (Lipinski definition) is 1. The van der Waals surface area contributed by atoms with E-state index in [2.05, 4.69) is 78.6 Å². The molecule has 0 amide bonds. The Kier molecular flexibility index (Phi) is 13.3. The summed E-state index contributed by atoms with van der Waals surface area (Å²) in [6.07, 6.45) is -2.75. The number of ether oxygens (including phenoxy) is 3. The molecule has 52 heavy (non-hydrogen) atoms. The number of methoxy groups -OCH3 is 2. The molecule has 2 aromatic carbocycles. The van der Waals surface area contributed by atoms with Gasteiger partial charge in [0.15, 0.2) is 33.3 Å². The maximum atomic E-state index is 13.7. The summed E-state index contributed by atoms with van der Waals surface area (Å²) in [5.74, 6) is -3.58. The highest BCUT2D eigenvalue weighted by atomic mass is 32.1. The molecular formula is C38H61FO8SSi4. The number of halogens is 1. The smallest absolute Gasteiger partial charge is 0.231 e. The summed E-state index contributed by atoms with van der Waals surface area (Å²) < 4.78 is 60.7. The molecular weight excluding hydrogens is 748 g/mol. The monoisotopic (exact) mass is 808 g/mol. The Hall–Kier alpha value is -1.38. The van der Waals surface area contributed by atoms with Crippen LogP contribution >= 0.6 is 11.3 Å². The fourth-order valence-electron chi connectivity index (χ4n) is 6.40. The van der Waals surface area contributed by atoms with Crippen LogP contribution < -0.4 is 0 Å². The van der Waals surface area contributed by atoms with Crippen LogP contribution in [0.1, 0.15) is 21.6 Å². The highest BCUT2D eigenvalue weighted by Gasteiger charge is 2.59. The Labute approximate surface area is 319 Å². The van der Waals surface area contributed by atoms with E-state index >= 15 is 0 Å². The summed E-state index contributed by atoms with van der Waals surface area (Å²) in [5.41, 5.74) is 2.96. The Morgan fingerprint density at radius 1 is 0.750 bits per heavy atom. The maximum Gasteiger partial charge on any atom is 0.231 e. The van der Waals surface area contributed by atoms with Gasteiger partial charge in [-0.25, -0.2) is 4.39 Å². The van der Waals surface area contributed by atoms with Gasteiger partial charge < -0.3 is 37.0 Å². The second-order valence-electron chi connectivity index (χ2n) is 17.5.